The number of aromatic hydroxyl groups is 1. The van der Waals surface area contributed by atoms with E-state index in [-0.39, 0.29) is 10.6 Å². The van der Waals surface area contributed by atoms with E-state index in [1.165, 1.54) is 87.6 Å². The van der Waals surface area contributed by atoms with Gasteiger partial charge in [-0.25, -0.2) is 8.42 Å². The molecular formula is C24H35NO3S. The van der Waals surface area contributed by atoms with Crippen molar-refractivity contribution in [3.8, 4) is 5.75 Å². The molecule has 0 spiro atoms. The third-order valence-electron chi connectivity index (χ3n) is 5.17. The molecule has 160 valence electrons. The van der Waals surface area contributed by atoms with E-state index in [0.717, 1.165) is 12.8 Å². The molecule has 0 amide bonds. The van der Waals surface area contributed by atoms with Gasteiger partial charge in [0.1, 0.15) is 5.75 Å². The normalized spacial score (nSPS) is 11.5. The molecule has 0 saturated carbocycles. The number of hydrogen-bond acceptors (Lipinski definition) is 3. The number of hydrogen-bond donors (Lipinski definition) is 2. The van der Waals surface area contributed by atoms with Crippen molar-refractivity contribution in [1.29, 1.82) is 0 Å². The van der Waals surface area contributed by atoms with Crippen LogP contribution in [0.4, 0.5) is 5.69 Å². The topological polar surface area (TPSA) is 66.4 Å². The number of phenolic OH excluding ortho intramolecular Hbond substituents is 1. The number of unbranched alkanes of at least 4 members (excludes halogenated alkanes) is 9. The van der Waals surface area contributed by atoms with E-state index >= 15 is 0 Å². The Morgan fingerprint density at radius 3 is 1.79 bits per heavy atom. The van der Waals surface area contributed by atoms with Crippen LogP contribution in [0.5, 0.6) is 5.75 Å². The fourth-order valence-electron chi connectivity index (χ4n) is 3.40. The number of phenols is 1. The zero-order chi connectivity index (χ0) is 21.0. The molecule has 0 aliphatic heterocycles. The van der Waals surface area contributed by atoms with Crippen LogP contribution < -0.4 is 4.72 Å². The van der Waals surface area contributed by atoms with Crippen LogP contribution in [0.1, 0.15) is 76.7 Å². The Balaban J connectivity index is 1.68. The number of anilines is 1. The Morgan fingerprint density at radius 2 is 1.24 bits per heavy atom. The smallest absolute Gasteiger partial charge is 0.261 e. The highest BCUT2D eigenvalue weighted by Crippen LogP contribution is 2.20. The first kappa shape index (κ1) is 23.3. The van der Waals surface area contributed by atoms with E-state index in [4.69, 9.17) is 0 Å². The molecule has 0 aromatic heterocycles. The molecule has 0 fully saturated rings. The lowest BCUT2D eigenvalue weighted by Crippen LogP contribution is -2.12. The van der Waals surface area contributed by atoms with Crippen molar-refractivity contribution in [3.63, 3.8) is 0 Å². The van der Waals surface area contributed by atoms with E-state index in [1.807, 2.05) is 12.1 Å². The summed E-state index contributed by atoms with van der Waals surface area (Å²) >= 11 is 0. The summed E-state index contributed by atoms with van der Waals surface area (Å²) in [7, 11) is -3.62. The highest BCUT2D eigenvalue weighted by molar-refractivity contribution is 7.92. The van der Waals surface area contributed by atoms with Gasteiger partial charge in [0, 0.05) is 5.69 Å². The van der Waals surface area contributed by atoms with Crippen molar-refractivity contribution in [2.45, 2.75) is 82.4 Å². The van der Waals surface area contributed by atoms with Crippen molar-refractivity contribution in [1.82, 2.24) is 0 Å². The van der Waals surface area contributed by atoms with Gasteiger partial charge in [-0.1, -0.05) is 76.8 Å². The van der Waals surface area contributed by atoms with Crippen molar-refractivity contribution >= 4 is 15.7 Å². The van der Waals surface area contributed by atoms with E-state index < -0.39 is 10.0 Å². The summed E-state index contributed by atoms with van der Waals surface area (Å²) in [6.07, 6.45) is 14.1. The van der Waals surface area contributed by atoms with Gasteiger partial charge in [-0.3, -0.25) is 4.72 Å². The molecule has 0 aliphatic rings. The summed E-state index contributed by atoms with van der Waals surface area (Å²) in [5, 5.41) is 9.30. The van der Waals surface area contributed by atoms with Crippen molar-refractivity contribution in [2.75, 3.05) is 4.72 Å². The van der Waals surface area contributed by atoms with Crippen LogP contribution in [-0.4, -0.2) is 13.5 Å². The fourth-order valence-corrected chi connectivity index (χ4v) is 4.45. The Hall–Kier alpha value is -2.01. The molecule has 5 heteroatoms. The van der Waals surface area contributed by atoms with Gasteiger partial charge < -0.3 is 5.11 Å². The molecule has 0 atom stereocenters. The fraction of sp³-hybridized carbons (Fsp3) is 0.500. The van der Waals surface area contributed by atoms with Gasteiger partial charge in [0.25, 0.3) is 10.0 Å². The second kappa shape index (κ2) is 12.5. The second-order valence-corrected chi connectivity index (χ2v) is 9.41. The van der Waals surface area contributed by atoms with Crippen LogP contribution in [0.3, 0.4) is 0 Å². The number of aryl methyl sites for hydroxylation is 1. The van der Waals surface area contributed by atoms with Crippen LogP contribution in [-0.2, 0) is 16.4 Å². The maximum Gasteiger partial charge on any atom is 0.261 e. The highest BCUT2D eigenvalue weighted by atomic mass is 32.2. The molecule has 4 nitrogen and oxygen atoms in total. The van der Waals surface area contributed by atoms with E-state index in [0.29, 0.717) is 5.69 Å². The minimum Gasteiger partial charge on any atom is -0.508 e. The van der Waals surface area contributed by atoms with Crippen LogP contribution in [0.2, 0.25) is 0 Å². The lowest BCUT2D eigenvalue weighted by Gasteiger charge is -2.09. The highest BCUT2D eigenvalue weighted by Gasteiger charge is 2.14. The van der Waals surface area contributed by atoms with Gasteiger partial charge in [-0.05, 0) is 54.8 Å². The van der Waals surface area contributed by atoms with Crippen molar-refractivity contribution in [2.24, 2.45) is 0 Å². The molecule has 2 N–H and O–H groups in total. The Bertz CT molecular complexity index is 799. The van der Waals surface area contributed by atoms with Crippen molar-refractivity contribution < 1.29 is 13.5 Å². The van der Waals surface area contributed by atoms with Crippen molar-refractivity contribution in [3.05, 3.63) is 54.1 Å². The summed E-state index contributed by atoms with van der Waals surface area (Å²) in [4.78, 5) is 0.248. The minimum atomic E-state index is -3.62. The Labute approximate surface area is 176 Å². The molecular weight excluding hydrogens is 382 g/mol. The molecule has 0 saturated heterocycles. The number of nitrogens with one attached hydrogen (secondary N) is 1. The second-order valence-electron chi connectivity index (χ2n) is 7.73. The number of sulfonamides is 1. The first-order chi connectivity index (χ1) is 14.0. The third-order valence-corrected chi connectivity index (χ3v) is 6.57. The summed E-state index contributed by atoms with van der Waals surface area (Å²) in [6, 6.07) is 13.1. The molecule has 0 aliphatic carbocycles. The van der Waals surface area contributed by atoms with Gasteiger partial charge in [-0.15, -0.1) is 0 Å². The van der Waals surface area contributed by atoms with Crippen LogP contribution >= 0.6 is 0 Å². The first-order valence-electron chi connectivity index (χ1n) is 10.9. The van der Waals surface area contributed by atoms with Gasteiger partial charge in [0.05, 0.1) is 4.90 Å². The molecule has 2 rings (SSSR count). The van der Waals surface area contributed by atoms with Crippen LogP contribution in [0.25, 0.3) is 0 Å². The maximum absolute atomic E-state index is 12.5. The van der Waals surface area contributed by atoms with Gasteiger partial charge in [0.2, 0.25) is 0 Å². The Morgan fingerprint density at radius 1 is 0.724 bits per heavy atom. The quantitative estimate of drug-likeness (QED) is 0.267. The van der Waals surface area contributed by atoms with E-state index in [1.54, 1.807) is 12.1 Å². The number of rotatable bonds is 14. The van der Waals surface area contributed by atoms with E-state index in [2.05, 4.69) is 11.6 Å². The molecule has 0 unspecified atom stereocenters. The monoisotopic (exact) mass is 417 g/mol. The Kier molecular flexibility index (Phi) is 10.1. The van der Waals surface area contributed by atoms with Gasteiger partial charge >= 0.3 is 0 Å². The zero-order valence-corrected chi connectivity index (χ0v) is 18.4. The summed E-state index contributed by atoms with van der Waals surface area (Å²) < 4.78 is 27.5. The predicted octanol–water partition coefficient (Wildman–Crippen LogP) is 6.66. The predicted molar refractivity (Wildman–Crippen MR) is 121 cm³/mol. The van der Waals surface area contributed by atoms with Gasteiger partial charge in [0.15, 0.2) is 0 Å². The van der Waals surface area contributed by atoms with Crippen LogP contribution in [0.15, 0.2) is 53.4 Å². The summed E-state index contributed by atoms with van der Waals surface area (Å²) in [5.74, 6) is 0.101. The summed E-state index contributed by atoms with van der Waals surface area (Å²) in [5.41, 5.74) is 1.60. The lowest BCUT2D eigenvalue weighted by atomic mass is 10.0. The molecule has 2 aromatic carbocycles. The summed E-state index contributed by atoms with van der Waals surface area (Å²) in [6.45, 7) is 2.25. The third kappa shape index (κ3) is 8.90. The first-order valence-corrected chi connectivity index (χ1v) is 12.4. The number of benzene rings is 2. The molecule has 0 bridgehead atoms. The molecule has 0 heterocycles. The van der Waals surface area contributed by atoms with E-state index in [9.17, 15) is 13.5 Å². The maximum atomic E-state index is 12.5. The lowest BCUT2D eigenvalue weighted by molar-refractivity contribution is 0.475. The van der Waals surface area contributed by atoms with Gasteiger partial charge in [-0.2, -0.15) is 0 Å². The average molecular weight is 418 g/mol. The average Bonchev–Trinajstić information content (AvgIpc) is 2.71. The molecule has 0 radical (unpaired) electrons. The minimum absolute atomic E-state index is 0.101. The molecule has 2 aromatic rings. The van der Waals surface area contributed by atoms with Crippen LogP contribution in [0, 0.1) is 0 Å². The largest absolute Gasteiger partial charge is 0.508 e. The standard InChI is InChI=1S/C24H35NO3S/c1-2-3-4-5-6-7-8-9-10-11-12-21-13-19-24(20-14-21)29(27,28)25-22-15-17-23(26)18-16-22/h13-20,25-26H,2-12H2,1H3. The molecule has 29 heavy (non-hydrogen) atoms. The zero-order valence-electron chi connectivity index (χ0n) is 17.6. The SMILES string of the molecule is CCCCCCCCCCCCc1ccc(S(=O)(=O)Nc2ccc(O)cc2)cc1.